The van der Waals surface area contributed by atoms with Crippen molar-refractivity contribution in [3.8, 4) is 0 Å². The van der Waals surface area contributed by atoms with Gasteiger partial charge >= 0.3 is 0 Å². The molecule has 1 fully saturated rings. The average Bonchev–Trinajstić information content (AvgIpc) is 3.07. The van der Waals surface area contributed by atoms with Crippen LogP contribution in [0.5, 0.6) is 0 Å². The minimum Gasteiger partial charge on any atom is -0.343 e. The number of amides is 2. The second kappa shape index (κ2) is 10.1. The highest BCUT2D eigenvalue weighted by Crippen LogP contribution is 2.34. The quantitative estimate of drug-likeness (QED) is 0.668. The summed E-state index contributed by atoms with van der Waals surface area (Å²) in [5.41, 5.74) is 0.445. The van der Waals surface area contributed by atoms with Crippen molar-refractivity contribution in [2.45, 2.75) is 70.4 Å². The Morgan fingerprint density at radius 2 is 1.83 bits per heavy atom. The fourth-order valence-electron chi connectivity index (χ4n) is 3.98. The zero-order chi connectivity index (χ0) is 21.6. The topological polar surface area (TPSA) is 88.3 Å². The predicted molar refractivity (Wildman–Crippen MR) is 114 cm³/mol. The summed E-state index contributed by atoms with van der Waals surface area (Å²) in [5, 5.41) is 7.91. The highest BCUT2D eigenvalue weighted by atomic mass is 35.5. The molecule has 3 rings (SSSR count). The molecule has 162 valence electrons. The van der Waals surface area contributed by atoms with E-state index in [2.05, 4.69) is 15.5 Å². The van der Waals surface area contributed by atoms with E-state index in [1.165, 1.54) is 6.92 Å². The molecule has 7 nitrogen and oxygen atoms in total. The zero-order valence-corrected chi connectivity index (χ0v) is 18.4. The molecular formula is C22H29ClN4O3. The minimum atomic E-state index is -0.570. The third kappa shape index (κ3) is 5.81. The van der Waals surface area contributed by atoms with E-state index in [4.69, 9.17) is 16.1 Å². The first-order valence-electron chi connectivity index (χ1n) is 10.5. The van der Waals surface area contributed by atoms with Gasteiger partial charge in [-0.05, 0) is 30.5 Å². The summed E-state index contributed by atoms with van der Waals surface area (Å²) in [5.74, 6) is 0.849. The number of hydrogen-bond donors (Lipinski definition) is 1. The van der Waals surface area contributed by atoms with Crippen LogP contribution in [0.1, 0.15) is 69.1 Å². The fourth-order valence-corrected chi connectivity index (χ4v) is 4.11. The highest BCUT2D eigenvalue weighted by molar-refractivity contribution is 6.30. The van der Waals surface area contributed by atoms with Crippen LogP contribution in [-0.2, 0) is 28.1 Å². The average molecular weight is 433 g/mol. The van der Waals surface area contributed by atoms with Gasteiger partial charge in [-0.1, -0.05) is 54.6 Å². The molecule has 1 N–H and O–H groups in total. The molecule has 1 aromatic heterocycles. The van der Waals surface area contributed by atoms with E-state index in [1.807, 2.05) is 24.3 Å². The van der Waals surface area contributed by atoms with Gasteiger partial charge in [-0.3, -0.25) is 9.59 Å². The van der Waals surface area contributed by atoms with Gasteiger partial charge in [0.1, 0.15) is 5.54 Å². The van der Waals surface area contributed by atoms with Crippen molar-refractivity contribution in [2.75, 3.05) is 7.05 Å². The number of carbonyl (C=O) groups excluding carboxylic acids is 2. The van der Waals surface area contributed by atoms with Crippen LogP contribution in [-0.4, -0.2) is 33.9 Å². The van der Waals surface area contributed by atoms with Crippen LogP contribution >= 0.6 is 11.6 Å². The van der Waals surface area contributed by atoms with Gasteiger partial charge in [-0.25, -0.2) is 0 Å². The van der Waals surface area contributed by atoms with E-state index in [0.29, 0.717) is 29.7 Å². The summed E-state index contributed by atoms with van der Waals surface area (Å²) in [6, 6.07) is 7.44. The first-order chi connectivity index (χ1) is 14.4. The van der Waals surface area contributed by atoms with Crippen LogP contribution < -0.4 is 5.32 Å². The monoisotopic (exact) mass is 432 g/mol. The van der Waals surface area contributed by atoms with E-state index in [1.54, 1.807) is 11.9 Å². The van der Waals surface area contributed by atoms with E-state index in [9.17, 15) is 9.59 Å². The second-order valence-corrected chi connectivity index (χ2v) is 8.50. The molecule has 0 atom stereocenters. The molecule has 2 amide bonds. The SMILES string of the molecule is CC(=O)NC1(c2noc(CCC(=O)N(C)Cc3ccc(Cl)cc3)n2)CCCCCC1. The Kier molecular flexibility index (Phi) is 7.48. The maximum Gasteiger partial charge on any atom is 0.227 e. The Morgan fingerprint density at radius 1 is 1.17 bits per heavy atom. The van der Waals surface area contributed by atoms with Gasteiger partial charge in [0, 0.05) is 38.4 Å². The van der Waals surface area contributed by atoms with Crippen molar-refractivity contribution in [3.05, 3.63) is 46.6 Å². The summed E-state index contributed by atoms with van der Waals surface area (Å²) in [7, 11) is 1.77. The largest absolute Gasteiger partial charge is 0.343 e. The second-order valence-electron chi connectivity index (χ2n) is 8.07. The Bertz CT molecular complexity index is 858. The van der Waals surface area contributed by atoms with Crippen molar-refractivity contribution >= 4 is 23.4 Å². The highest BCUT2D eigenvalue weighted by Gasteiger charge is 2.38. The van der Waals surface area contributed by atoms with Gasteiger partial charge < -0.3 is 14.7 Å². The molecule has 8 heteroatoms. The summed E-state index contributed by atoms with van der Waals surface area (Å²) in [4.78, 5) is 30.5. The summed E-state index contributed by atoms with van der Waals surface area (Å²) < 4.78 is 5.43. The maximum absolute atomic E-state index is 12.5. The summed E-state index contributed by atoms with van der Waals surface area (Å²) in [6.45, 7) is 2.03. The lowest BCUT2D eigenvalue weighted by Crippen LogP contribution is -2.45. The fraction of sp³-hybridized carbons (Fsp3) is 0.545. The Labute approximate surface area is 182 Å². The molecule has 30 heavy (non-hydrogen) atoms. The molecule has 1 aromatic carbocycles. The molecule has 0 bridgehead atoms. The number of benzene rings is 1. The molecule has 0 saturated heterocycles. The molecule has 0 aliphatic heterocycles. The van der Waals surface area contributed by atoms with Crippen molar-refractivity contribution in [1.29, 1.82) is 0 Å². The molecule has 1 saturated carbocycles. The van der Waals surface area contributed by atoms with Crippen LogP contribution in [0.15, 0.2) is 28.8 Å². The predicted octanol–water partition coefficient (Wildman–Crippen LogP) is 4.00. The smallest absolute Gasteiger partial charge is 0.227 e. The van der Waals surface area contributed by atoms with E-state index < -0.39 is 5.54 Å². The number of aryl methyl sites for hydroxylation is 1. The molecule has 1 aliphatic carbocycles. The maximum atomic E-state index is 12.5. The Hall–Kier alpha value is -2.41. The summed E-state index contributed by atoms with van der Waals surface area (Å²) >= 11 is 5.91. The van der Waals surface area contributed by atoms with Crippen LogP contribution in [0.25, 0.3) is 0 Å². The zero-order valence-electron chi connectivity index (χ0n) is 17.6. The molecular weight excluding hydrogens is 404 g/mol. The number of nitrogens with zero attached hydrogens (tertiary/aromatic N) is 3. The lowest BCUT2D eigenvalue weighted by Gasteiger charge is -2.30. The lowest BCUT2D eigenvalue weighted by molar-refractivity contribution is -0.130. The molecule has 1 aliphatic rings. The number of nitrogens with one attached hydrogen (secondary N) is 1. The number of hydrogen-bond acceptors (Lipinski definition) is 5. The van der Waals surface area contributed by atoms with Crippen LogP contribution in [0, 0.1) is 0 Å². The normalized spacial score (nSPS) is 16.0. The van der Waals surface area contributed by atoms with E-state index in [-0.39, 0.29) is 18.2 Å². The number of aromatic nitrogens is 2. The van der Waals surface area contributed by atoms with Crippen molar-refractivity contribution < 1.29 is 14.1 Å². The van der Waals surface area contributed by atoms with Crippen LogP contribution in [0.4, 0.5) is 0 Å². The Balaban J connectivity index is 1.60. The van der Waals surface area contributed by atoms with Crippen molar-refractivity contribution in [2.24, 2.45) is 0 Å². The number of carbonyl (C=O) groups is 2. The first-order valence-corrected chi connectivity index (χ1v) is 10.9. The van der Waals surface area contributed by atoms with Gasteiger partial charge in [-0.2, -0.15) is 4.98 Å². The minimum absolute atomic E-state index is 0.00394. The van der Waals surface area contributed by atoms with Gasteiger partial charge in [0.2, 0.25) is 17.7 Å². The third-order valence-electron chi connectivity index (χ3n) is 5.58. The van der Waals surface area contributed by atoms with E-state index >= 15 is 0 Å². The van der Waals surface area contributed by atoms with Gasteiger partial charge in [0.05, 0.1) is 0 Å². The third-order valence-corrected chi connectivity index (χ3v) is 5.83. The molecule has 1 heterocycles. The standard InChI is InChI=1S/C22H29ClN4O3/c1-16(28)25-22(13-5-3-4-6-14-22)21-24-19(30-26-21)11-12-20(29)27(2)15-17-7-9-18(23)10-8-17/h7-10H,3-6,11-15H2,1-2H3,(H,25,28). The molecule has 0 spiro atoms. The Morgan fingerprint density at radius 3 is 2.47 bits per heavy atom. The van der Waals surface area contributed by atoms with Gasteiger partial charge in [0.25, 0.3) is 0 Å². The van der Waals surface area contributed by atoms with Gasteiger partial charge in [0.15, 0.2) is 5.82 Å². The lowest BCUT2D eigenvalue weighted by atomic mass is 9.89. The number of halogens is 1. The van der Waals surface area contributed by atoms with Crippen LogP contribution in [0.3, 0.4) is 0 Å². The molecule has 0 unspecified atom stereocenters. The van der Waals surface area contributed by atoms with Crippen LogP contribution in [0.2, 0.25) is 5.02 Å². The first kappa shape index (κ1) is 22.3. The van der Waals surface area contributed by atoms with Crippen molar-refractivity contribution in [3.63, 3.8) is 0 Å². The summed E-state index contributed by atoms with van der Waals surface area (Å²) in [6.07, 6.45) is 6.55. The van der Waals surface area contributed by atoms with Crippen molar-refractivity contribution in [1.82, 2.24) is 20.4 Å². The molecule has 2 aromatic rings. The van der Waals surface area contributed by atoms with E-state index in [0.717, 1.165) is 44.1 Å². The number of rotatable bonds is 7. The van der Waals surface area contributed by atoms with Gasteiger partial charge in [-0.15, -0.1) is 0 Å². The molecule has 0 radical (unpaired) electrons.